The molecule has 10 heteroatoms. The van der Waals surface area contributed by atoms with Crippen LogP contribution in [0.2, 0.25) is 10.0 Å². The molecule has 1 heterocycles. The van der Waals surface area contributed by atoms with Crippen molar-refractivity contribution in [2.75, 3.05) is 20.3 Å². The monoisotopic (exact) mass is 495 g/mol. The van der Waals surface area contributed by atoms with E-state index in [4.69, 9.17) is 37.4 Å². The molecular formula is C22H19Cl2NO6S. The van der Waals surface area contributed by atoms with Crippen molar-refractivity contribution >= 4 is 58.2 Å². The Morgan fingerprint density at radius 3 is 2.50 bits per heavy atom. The molecule has 32 heavy (non-hydrogen) atoms. The highest BCUT2D eigenvalue weighted by Gasteiger charge is 2.35. The molecule has 3 rings (SSSR count). The SMILES string of the molecule is CCOC(=O)COc1ccc(/C=C2\SC(=O)N(Cc3c(Cl)cccc3Cl)C2=O)cc1OC. The van der Waals surface area contributed by atoms with Gasteiger partial charge in [0.05, 0.1) is 25.2 Å². The molecule has 0 saturated carbocycles. The van der Waals surface area contributed by atoms with Gasteiger partial charge in [0.1, 0.15) is 0 Å². The van der Waals surface area contributed by atoms with Crippen LogP contribution in [0.1, 0.15) is 18.1 Å². The van der Waals surface area contributed by atoms with Crippen LogP contribution < -0.4 is 9.47 Å². The summed E-state index contributed by atoms with van der Waals surface area (Å²) in [5.74, 6) is -0.229. The summed E-state index contributed by atoms with van der Waals surface area (Å²) in [5, 5.41) is 0.339. The van der Waals surface area contributed by atoms with Crippen molar-refractivity contribution < 1.29 is 28.6 Å². The number of hydrogen-bond acceptors (Lipinski definition) is 7. The lowest BCUT2D eigenvalue weighted by Crippen LogP contribution is -2.27. The van der Waals surface area contributed by atoms with E-state index < -0.39 is 17.1 Å². The van der Waals surface area contributed by atoms with Gasteiger partial charge in [-0.05, 0) is 54.6 Å². The summed E-state index contributed by atoms with van der Waals surface area (Å²) >= 11 is 13.2. The Morgan fingerprint density at radius 1 is 1.12 bits per heavy atom. The molecule has 0 radical (unpaired) electrons. The minimum atomic E-state index is -0.495. The molecule has 0 bridgehead atoms. The molecule has 2 amide bonds. The number of rotatable bonds is 8. The first-order valence-electron chi connectivity index (χ1n) is 9.48. The zero-order chi connectivity index (χ0) is 23.3. The van der Waals surface area contributed by atoms with E-state index in [1.54, 1.807) is 49.4 Å². The standard InChI is InChI=1S/C22H19Cl2NO6S/c1-3-30-20(26)12-31-17-8-7-13(9-18(17)29-2)10-19-21(27)25(22(28)32-19)11-14-15(23)5-4-6-16(14)24/h4-10H,3,11-12H2,1-2H3/b19-10-. The number of halogens is 2. The Morgan fingerprint density at radius 2 is 1.84 bits per heavy atom. The van der Waals surface area contributed by atoms with Gasteiger partial charge < -0.3 is 14.2 Å². The van der Waals surface area contributed by atoms with E-state index in [2.05, 4.69) is 0 Å². The van der Waals surface area contributed by atoms with Crippen molar-refractivity contribution in [3.05, 3.63) is 62.5 Å². The van der Waals surface area contributed by atoms with Gasteiger partial charge >= 0.3 is 5.97 Å². The summed E-state index contributed by atoms with van der Waals surface area (Å²) in [5.41, 5.74) is 1.12. The minimum absolute atomic E-state index is 0.0233. The lowest BCUT2D eigenvalue weighted by molar-refractivity contribution is -0.145. The number of carbonyl (C=O) groups excluding carboxylic acids is 3. The van der Waals surface area contributed by atoms with E-state index in [1.165, 1.54) is 7.11 Å². The molecular weight excluding hydrogens is 477 g/mol. The second kappa shape index (κ2) is 10.8. The van der Waals surface area contributed by atoms with Crippen molar-refractivity contribution in [1.82, 2.24) is 4.90 Å². The van der Waals surface area contributed by atoms with E-state index in [1.807, 2.05) is 0 Å². The van der Waals surface area contributed by atoms with Crippen molar-refractivity contribution in [1.29, 1.82) is 0 Å². The molecule has 0 aliphatic carbocycles. The average molecular weight is 496 g/mol. The minimum Gasteiger partial charge on any atom is -0.493 e. The fraction of sp³-hybridized carbons (Fsp3) is 0.227. The van der Waals surface area contributed by atoms with Crippen LogP contribution in [0.4, 0.5) is 4.79 Å². The van der Waals surface area contributed by atoms with Crippen molar-refractivity contribution in [2.24, 2.45) is 0 Å². The molecule has 1 saturated heterocycles. The number of thioether (sulfide) groups is 1. The number of esters is 1. The lowest BCUT2D eigenvalue weighted by atomic mass is 10.1. The van der Waals surface area contributed by atoms with Crippen LogP contribution in [0, 0.1) is 0 Å². The molecule has 1 aliphatic rings. The van der Waals surface area contributed by atoms with Crippen LogP contribution >= 0.6 is 35.0 Å². The van der Waals surface area contributed by atoms with Gasteiger partial charge in [0.25, 0.3) is 11.1 Å². The molecule has 2 aromatic carbocycles. The van der Waals surface area contributed by atoms with Crippen molar-refractivity contribution in [3.8, 4) is 11.5 Å². The fourth-order valence-electron chi connectivity index (χ4n) is 2.86. The maximum Gasteiger partial charge on any atom is 0.344 e. The topological polar surface area (TPSA) is 82.1 Å². The second-order valence-electron chi connectivity index (χ2n) is 6.47. The molecule has 0 aromatic heterocycles. The Hall–Kier alpha value is -2.68. The number of benzene rings is 2. The van der Waals surface area contributed by atoms with Gasteiger partial charge in [-0.2, -0.15) is 0 Å². The summed E-state index contributed by atoms with van der Waals surface area (Å²) in [6.07, 6.45) is 1.58. The van der Waals surface area contributed by atoms with Crippen molar-refractivity contribution in [2.45, 2.75) is 13.5 Å². The fourth-order valence-corrected chi connectivity index (χ4v) is 4.22. The van der Waals surface area contributed by atoms with Gasteiger partial charge in [-0.15, -0.1) is 0 Å². The third kappa shape index (κ3) is 5.56. The first-order chi connectivity index (χ1) is 15.3. The third-order valence-electron chi connectivity index (χ3n) is 4.39. The zero-order valence-electron chi connectivity index (χ0n) is 17.2. The summed E-state index contributed by atoms with van der Waals surface area (Å²) in [6, 6.07) is 9.92. The molecule has 0 atom stereocenters. The number of nitrogens with zero attached hydrogens (tertiary/aromatic N) is 1. The number of methoxy groups -OCH3 is 1. The van der Waals surface area contributed by atoms with Crippen LogP contribution in [0.3, 0.4) is 0 Å². The van der Waals surface area contributed by atoms with Gasteiger partial charge in [0, 0.05) is 15.6 Å². The molecule has 168 valence electrons. The Bertz CT molecular complexity index is 1070. The summed E-state index contributed by atoms with van der Waals surface area (Å²) in [6.45, 7) is 1.69. The van der Waals surface area contributed by atoms with Gasteiger partial charge in [-0.25, -0.2) is 4.79 Å². The highest BCUT2D eigenvalue weighted by Crippen LogP contribution is 2.37. The van der Waals surface area contributed by atoms with E-state index in [-0.39, 0.29) is 24.7 Å². The normalized spacial score (nSPS) is 14.8. The molecule has 1 aliphatic heterocycles. The van der Waals surface area contributed by atoms with Crippen LogP contribution in [0.25, 0.3) is 6.08 Å². The molecule has 1 fully saturated rings. The predicted octanol–water partition coefficient (Wildman–Crippen LogP) is 5.18. The molecule has 0 N–H and O–H groups in total. The van der Waals surface area contributed by atoms with Crippen LogP contribution in [0.5, 0.6) is 11.5 Å². The van der Waals surface area contributed by atoms with Gasteiger partial charge in [0.2, 0.25) is 0 Å². The van der Waals surface area contributed by atoms with Crippen LogP contribution in [-0.2, 0) is 20.9 Å². The molecule has 2 aromatic rings. The number of carbonyl (C=O) groups is 3. The average Bonchev–Trinajstić information content (AvgIpc) is 3.02. The largest absolute Gasteiger partial charge is 0.493 e. The van der Waals surface area contributed by atoms with E-state index in [9.17, 15) is 14.4 Å². The Labute approximate surface area is 199 Å². The zero-order valence-corrected chi connectivity index (χ0v) is 19.6. The summed E-state index contributed by atoms with van der Waals surface area (Å²) in [4.78, 5) is 38.1. The third-order valence-corrected chi connectivity index (χ3v) is 6.00. The Balaban J connectivity index is 1.77. The number of imide groups is 1. The van der Waals surface area contributed by atoms with Gasteiger partial charge in [0.15, 0.2) is 18.1 Å². The number of ether oxygens (including phenoxy) is 3. The highest BCUT2D eigenvalue weighted by atomic mass is 35.5. The van der Waals surface area contributed by atoms with Crippen molar-refractivity contribution in [3.63, 3.8) is 0 Å². The highest BCUT2D eigenvalue weighted by molar-refractivity contribution is 8.18. The number of hydrogen-bond donors (Lipinski definition) is 0. The van der Waals surface area contributed by atoms with E-state index in [0.717, 1.165) is 16.7 Å². The maximum absolute atomic E-state index is 12.8. The second-order valence-corrected chi connectivity index (χ2v) is 8.28. The summed E-state index contributed by atoms with van der Waals surface area (Å²) < 4.78 is 15.6. The van der Waals surface area contributed by atoms with Crippen LogP contribution in [-0.4, -0.2) is 42.3 Å². The van der Waals surface area contributed by atoms with Gasteiger partial charge in [-0.1, -0.05) is 35.3 Å². The number of amides is 2. The molecule has 0 spiro atoms. The molecule has 7 nitrogen and oxygen atoms in total. The van der Waals surface area contributed by atoms with E-state index >= 15 is 0 Å². The maximum atomic E-state index is 12.8. The summed E-state index contributed by atoms with van der Waals surface area (Å²) in [7, 11) is 1.46. The predicted molar refractivity (Wildman–Crippen MR) is 123 cm³/mol. The van der Waals surface area contributed by atoms with Gasteiger partial charge in [-0.3, -0.25) is 14.5 Å². The van der Waals surface area contributed by atoms with Crippen LogP contribution in [0.15, 0.2) is 41.3 Å². The lowest BCUT2D eigenvalue weighted by Gasteiger charge is -2.14. The molecule has 0 unspecified atom stereocenters. The first-order valence-corrected chi connectivity index (χ1v) is 11.1. The smallest absolute Gasteiger partial charge is 0.344 e. The quantitative estimate of drug-likeness (QED) is 0.368. The Kier molecular flexibility index (Phi) is 8.06. The first kappa shape index (κ1) is 24.0. The van der Waals surface area contributed by atoms with E-state index in [0.29, 0.717) is 32.7 Å².